The van der Waals surface area contributed by atoms with Crippen LogP contribution in [-0.4, -0.2) is 41.8 Å². The molecular formula is C10H22O4Si. The first-order chi connectivity index (χ1) is 7.17. The van der Waals surface area contributed by atoms with Crippen molar-refractivity contribution in [2.45, 2.75) is 44.8 Å². The number of rotatable bonds is 8. The molecule has 0 aromatic carbocycles. The summed E-state index contributed by atoms with van der Waals surface area (Å²) >= 11 is 0. The lowest BCUT2D eigenvalue weighted by Crippen LogP contribution is -2.39. The molecule has 1 saturated heterocycles. The second-order valence-corrected chi connectivity index (χ2v) is 7.70. The molecule has 2 atom stereocenters. The van der Waals surface area contributed by atoms with Gasteiger partial charge in [0.1, 0.15) is 6.10 Å². The van der Waals surface area contributed by atoms with Gasteiger partial charge in [-0.1, -0.05) is 6.92 Å². The van der Waals surface area contributed by atoms with Crippen molar-refractivity contribution < 1.29 is 18.3 Å². The fourth-order valence-corrected chi connectivity index (χ4v) is 3.82. The van der Waals surface area contributed by atoms with Crippen molar-refractivity contribution in [3.8, 4) is 0 Å². The summed E-state index contributed by atoms with van der Waals surface area (Å²) in [5.41, 5.74) is 0. The Kier molecular flexibility index (Phi) is 5.21. The molecule has 0 amide bonds. The van der Waals surface area contributed by atoms with Crippen LogP contribution in [0.3, 0.4) is 0 Å². The number of epoxide rings is 1. The highest BCUT2D eigenvalue weighted by molar-refractivity contribution is 6.67. The SMILES string of the molecule is CC[Si](CCCOC1OC1C)(OC)OC. The van der Waals surface area contributed by atoms with Gasteiger partial charge in [0, 0.05) is 20.8 Å². The molecule has 4 nitrogen and oxygen atoms in total. The van der Waals surface area contributed by atoms with Crippen LogP contribution in [0.1, 0.15) is 20.3 Å². The molecule has 0 aromatic heterocycles. The lowest BCUT2D eigenvalue weighted by atomic mass is 10.5. The van der Waals surface area contributed by atoms with Gasteiger partial charge in [-0.05, 0) is 25.4 Å². The highest BCUT2D eigenvalue weighted by Gasteiger charge is 2.36. The molecule has 0 radical (unpaired) electrons. The number of hydrogen-bond acceptors (Lipinski definition) is 4. The third-order valence-corrected chi connectivity index (χ3v) is 6.60. The van der Waals surface area contributed by atoms with Crippen LogP contribution in [0.5, 0.6) is 0 Å². The van der Waals surface area contributed by atoms with E-state index >= 15 is 0 Å². The quantitative estimate of drug-likeness (QED) is 0.365. The Hall–Kier alpha value is 0.0569. The largest absolute Gasteiger partial charge is 0.398 e. The average molecular weight is 234 g/mol. The van der Waals surface area contributed by atoms with E-state index in [1.54, 1.807) is 14.2 Å². The van der Waals surface area contributed by atoms with Crippen LogP contribution in [0.4, 0.5) is 0 Å². The van der Waals surface area contributed by atoms with Gasteiger partial charge in [-0.25, -0.2) is 0 Å². The maximum Gasteiger partial charge on any atom is 0.337 e. The zero-order valence-electron chi connectivity index (χ0n) is 10.1. The van der Waals surface area contributed by atoms with Gasteiger partial charge < -0.3 is 18.3 Å². The van der Waals surface area contributed by atoms with Crippen molar-refractivity contribution in [2.75, 3.05) is 20.8 Å². The van der Waals surface area contributed by atoms with E-state index in [0.29, 0.717) is 0 Å². The molecule has 0 saturated carbocycles. The summed E-state index contributed by atoms with van der Waals surface area (Å²) in [5, 5.41) is 0. The fourth-order valence-electron chi connectivity index (χ4n) is 1.63. The summed E-state index contributed by atoms with van der Waals surface area (Å²) in [6.45, 7) is 4.86. The molecule has 2 unspecified atom stereocenters. The van der Waals surface area contributed by atoms with Crippen LogP contribution >= 0.6 is 0 Å². The maximum atomic E-state index is 5.51. The van der Waals surface area contributed by atoms with E-state index in [-0.39, 0.29) is 12.4 Å². The Morgan fingerprint density at radius 3 is 2.27 bits per heavy atom. The first kappa shape index (κ1) is 13.1. The lowest BCUT2D eigenvalue weighted by molar-refractivity contribution is 0.0495. The predicted octanol–water partition coefficient (Wildman–Crippen LogP) is 1.89. The number of hydrogen-bond donors (Lipinski definition) is 0. The van der Waals surface area contributed by atoms with Gasteiger partial charge in [0.25, 0.3) is 0 Å². The van der Waals surface area contributed by atoms with E-state index < -0.39 is 8.56 Å². The molecule has 1 aliphatic heterocycles. The van der Waals surface area contributed by atoms with E-state index in [4.69, 9.17) is 18.3 Å². The molecule has 1 fully saturated rings. The van der Waals surface area contributed by atoms with Crippen LogP contribution < -0.4 is 0 Å². The molecule has 0 bridgehead atoms. The van der Waals surface area contributed by atoms with Crippen molar-refractivity contribution in [1.29, 1.82) is 0 Å². The highest BCUT2D eigenvalue weighted by Crippen LogP contribution is 2.23. The summed E-state index contributed by atoms with van der Waals surface area (Å²) in [6.07, 6.45) is 1.30. The molecule has 0 aromatic rings. The van der Waals surface area contributed by atoms with Gasteiger partial charge in [-0.15, -0.1) is 0 Å². The minimum absolute atomic E-state index is 0.0350. The first-order valence-electron chi connectivity index (χ1n) is 5.55. The van der Waals surface area contributed by atoms with Gasteiger partial charge in [0.2, 0.25) is 0 Å². The Bertz CT molecular complexity index is 176. The fraction of sp³-hybridized carbons (Fsp3) is 1.00. The van der Waals surface area contributed by atoms with Gasteiger partial charge in [-0.3, -0.25) is 0 Å². The summed E-state index contributed by atoms with van der Waals surface area (Å²) in [7, 11) is 1.58. The van der Waals surface area contributed by atoms with Crippen molar-refractivity contribution in [1.82, 2.24) is 0 Å². The third kappa shape index (κ3) is 3.84. The van der Waals surface area contributed by atoms with Crippen molar-refractivity contribution >= 4 is 8.56 Å². The van der Waals surface area contributed by atoms with Crippen LogP contribution in [0.2, 0.25) is 12.1 Å². The standard InChI is InChI=1S/C10H22O4Si/c1-5-15(11-3,12-4)8-6-7-13-10-9(2)14-10/h9-10H,5-8H2,1-4H3. The molecule has 5 heteroatoms. The van der Waals surface area contributed by atoms with E-state index in [9.17, 15) is 0 Å². The lowest BCUT2D eigenvalue weighted by Gasteiger charge is -2.25. The first-order valence-corrected chi connectivity index (χ1v) is 7.78. The second kappa shape index (κ2) is 5.96. The van der Waals surface area contributed by atoms with Crippen LogP contribution in [0.25, 0.3) is 0 Å². The molecule has 1 heterocycles. The van der Waals surface area contributed by atoms with E-state index in [1.165, 1.54) is 0 Å². The van der Waals surface area contributed by atoms with Crippen LogP contribution in [0, 0.1) is 0 Å². The molecule has 1 rings (SSSR count). The zero-order chi connectivity index (χ0) is 11.3. The smallest absolute Gasteiger partial charge is 0.337 e. The Morgan fingerprint density at radius 2 is 1.87 bits per heavy atom. The third-order valence-electron chi connectivity index (χ3n) is 2.92. The molecule has 0 aliphatic carbocycles. The van der Waals surface area contributed by atoms with Crippen LogP contribution in [0.15, 0.2) is 0 Å². The summed E-state index contributed by atoms with van der Waals surface area (Å²) in [5.74, 6) is 0. The molecule has 0 spiro atoms. The molecule has 1 aliphatic rings. The average Bonchev–Trinajstić information content (AvgIpc) is 2.96. The second-order valence-electron chi connectivity index (χ2n) is 3.86. The predicted molar refractivity (Wildman–Crippen MR) is 60.0 cm³/mol. The highest BCUT2D eigenvalue weighted by atomic mass is 28.4. The Morgan fingerprint density at radius 1 is 1.27 bits per heavy atom. The van der Waals surface area contributed by atoms with Gasteiger partial charge in [-0.2, -0.15) is 0 Å². The topological polar surface area (TPSA) is 40.2 Å². The van der Waals surface area contributed by atoms with E-state index in [1.807, 2.05) is 6.92 Å². The van der Waals surface area contributed by atoms with Crippen molar-refractivity contribution in [3.63, 3.8) is 0 Å². The van der Waals surface area contributed by atoms with Crippen molar-refractivity contribution in [3.05, 3.63) is 0 Å². The summed E-state index contributed by atoms with van der Waals surface area (Å²) in [6, 6.07) is 1.97. The molecule has 15 heavy (non-hydrogen) atoms. The molecule has 90 valence electrons. The van der Waals surface area contributed by atoms with E-state index in [2.05, 4.69) is 6.92 Å². The number of ether oxygens (including phenoxy) is 2. The molecular weight excluding hydrogens is 212 g/mol. The van der Waals surface area contributed by atoms with Gasteiger partial charge in [0.05, 0.1) is 0 Å². The van der Waals surface area contributed by atoms with Gasteiger partial charge >= 0.3 is 8.56 Å². The minimum atomic E-state index is -1.91. The normalized spacial score (nSPS) is 25.6. The summed E-state index contributed by atoms with van der Waals surface area (Å²) < 4.78 is 21.7. The van der Waals surface area contributed by atoms with Crippen LogP contribution in [-0.2, 0) is 18.3 Å². The Balaban J connectivity index is 2.10. The minimum Gasteiger partial charge on any atom is -0.398 e. The van der Waals surface area contributed by atoms with Crippen molar-refractivity contribution in [2.24, 2.45) is 0 Å². The van der Waals surface area contributed by atoms with E-state index in [0.717, 1.165) is 25.1 Å². The Labute approximate surface area is 93.1 Å². The zero-order valence-corrected chi connectivity index (χ0v) is 11.1. The molecule has 0 N–H and O–H groups in total. The van der Waals surface area contributed by atoms with Gasteiger partial charge in [0.15, 0.2) is 6.29 Å². The monoisotopic (exact) mass is 234 g/mol. The maximum absolute atomic E-state index is 5.51. The summed E-state index contributed by atoms with van der Waals surface area (Å²) in [4.78, 5) is 0.